The Balaban J connectivity index is 1.56. The van der Waals surface area contributed by atoms with E-state index in [2.05, 4.69) is 5.32 Å². The van der Waals surface area contributed by atoms with Gasteiger partial charge >= 0.3 is 0 Å². The molecule has 0 bridgehead atoms. The first-order valence-corrected chi connectivity index (χ1v) is 15.1. The third-order valence-electron chi connectivity index (χ3n) is 7.71. The highest BCUT2D eigenvalue weighted by atomic mass is 16.5. The van der Waals surface area contributed by atoms with Gasteiger partial charge in [0.1, 0.15) is 25.2 Å². The van der Waals surface area contributed by atoms with Crippen molar-refractivity contribution in [2.75, 3.05) is 57.8 Å². The summed E-state index contributed by atoms with van der Waals surface area (Å²) in [5.41, 5.74) is 4.00. The lowest BCUT2D eigenvalue weighted by molar-refractivity contribution is -0.107. The number of benzene rings is 3. The van der Waals surface area contributed by atoms with Gasteiger partial charge in [0.2, 0.25) is 0 Å². The largest absolute Gasteiger partial charge is 0.487 e. The van der Waals surface area contributed by atoms with Gasteiger partial charge in [0.05, 0.1) is 18.9 Å². The molecule has 0 spiro atoms. The molecule has 3 aromatic carbocycles. The first-order chi connectivity index (χ1) is 22.7. The zero-order chi connectivity index (χ0) is 33.5. The second-order valence-electron chi connectivity index (χ2n) is 11.1. The van der Waals surface area contributed by atoms with Crippen molar-refractivity contribution in [3.05, 3.63) is 105 Å². The second kappa shape index (κ2) is 14.8. The quantitative estimate of drug-likeness (QED) is 0.135. The van der Waals surface area contributed by atoms with E-state index in [1.807, 2.05) is 61.5 Å². The number of hydrogen-bond donors (Lipinski definition) is 2. The molecule has 0 amide bonds. The normalized spacial score (nSPS) is 11.0. The summed E-state index contributed by atoms with van der Waals surface area (Å²) in [6.45, 7) is 0.589. The molecule has 0 saturated heterocycles. The molecule has 11 nitrogen and oxygen atoms in total. The first-order valence-electron chi connectivity index (χ1n) is 15.1. The van der Waals surface area contributed by atoms with E-state index in [1.165, 1.54) is 4.57 Å². The van der Waals surface area contributed by atoms with Gasteiger partial charge in [0, 0.05) is 75.5 Å². The van der Waals surface area contributed by atoms with E-state index >= 15 is 0 Å². The molecule has 0 aliphatic heterocycles. The van der Waals surface area contributed by atoms with E-state index in [-0.39, 0.29) is 37.4 Å². The molecule has 5 aromatic rings. The first kappa shape index (κ1) is 33.0. The Bertz CT molecular complexity index is 2020. The Hall–Kier alpha value is -5.39. The van der Waals surface area contributed by atoms with Crippen molar-refractivity contribution in [1.29, 1.82) is 0 Å². The number of aliphatic hydroxyl groups is 1. The number of aryl methyl sites for hydroxylation is 1. The number of carbonyl (C=O) groups excluding carboxylic acids is 1. The summed E-state index contributed by atoms with van der Waals surface area (Å²) < 4.78 is 19.6. The highest BCUT2D eigenvalue weighted by molar-refractivity contribution is 5.86. The minimum atomic E-state index is -0.271. The monoisotopic (exact) mass is 638 g/mol. The summed E-state index contributed by atoms with van der Waals surface area (Å²) in [6.07, 6.45) is 4.30. The molecule has 0 aliphatic carbocycles. The van der Waals surface area contributed by atoms with Gasteiger partial charge in [-0.2, -0.15) is 0 Å². The summed E-state index contributed by atoms with van der Waals surface area (Å²) in [5, 5.41) is 13.8. The summed E-state index contributed by atoms with van der Waals surface area (Å²) in [6, 6.07) is 20.0. The van der Waals surface area contributed by atoms with Crippen molar-refractivity contribution < 1.29 is 24.1 Å². The van der Waals surface area contributed by atoms with Crippen molar-refractivity contribution in [3.63, 3.8) is 0 Å². The van der Waals surface area contributed by atoms with Gasteiger partial charge < -0.3 is 38.9 Å². The number of methoxy groups -OCH3 is 1. The highest BCUT2D eigenvalue weighted by Gasteiger charge is 2.17. The predicted octanol–water partition coefficient (Wildman–Crippen LogP) is 4.30. The van der Waals surface area contributed by atoms with E-state index in [4.69, 9.17) is 14.2 Å². The molecule has 2 heterocycles. The maximum absolute atomic E-state index is 13.7. The lowest BCUT2D eigenvalue weighted by atomic mass is 9.96. The number of hydrogen-bond acceptors (Lipinski definition) is 9. The molecular weight excluding hydrogens is 600 g/mol. The van der Waals surface area contributed by atoms with Crippen LogP contribution in [0.1, 0.15) is 5.56 Å². The number of carbonyl (C=O) groups is 1. The molecule has 0 unspecified atom stereocenters. The summed E-state index contributed by atoms with van der Waals surface area (Å²) in [5.74, 6) is 0.868. The minimum absolute atomic E-state index is 0.0542. The van der Waals surface area contributed by atoms with Gasteiger partial charge in [-0.3, -0.25) is 14.2 Å². The van der Waals surface area contributed by atoms with Crippen LogP contribution < -0.4 is 30.8 Å². The van der Waals surface area contributed by atoms with Crippen LogP contribution in [0.3, 0.4) is 0 Å². The van der Waals surface area contributed by atoms with Crippen molar-refractivity contribution in [2.24, 2.45) is 7.05 Å². The molecule has 244 valence electrons. The maximum Gasteiger partial charge on any atom is 0.274 e. The van der Waals surface area contributed by atoms with Gasteiger partial charge in [0.25, 0.3) is 11.1 Å². The topological polar surface area (TPSA) is 124 Å². The molecule has 0 aliphatic rings. The number of nitrogens with zero attached hydrogens (tertiary/aromatic N) is 3. The number of aliphatic hydroxyl groups excluding tert-OH is 1. The van der Waals surface area contributed by atoms with Crippen molar-refractivity contribution in [2.45, 2.75) is 6.42 Å². The number of pyridine rings is 2. The Kier molecular flexibility index (Phi) is 10.4. The van der Waals surface area contributed by atoms with E-state index in [0.717, 1.165) is 17.4 Å². The van der Waals surface area contributed by atoms with Crippen LogP contribution in [-0.2, 0) is 23.0 Å². The number of aldehydes is 1. The van der Waals surface area contributed by atoms with Gasteiger partial charge in [-0.25, -0.2) is 0 Å². The fourth-order valence-electron chi connectivity index (χ4n) is 5.38. The molecule has 0 fully saturated rings. The van der Waals surface area contributed by atoms with Crippen LogP contribution >= 0.6 is 0 Å². The molecule has 47 heavy (non-hydrogen) atoms. The molecule has 11 heteroatoms. The van der Waals surface area contributed by atoms with Crippen LogP contribution in [-0.4, -0.2) is 68.2 Å². The summed E-state index contributed by atoms with van der Waals surface area (Å²) in [4.78, 5) is 41.0. The molecule has 2 aromatic heterocycles. The summed E-state index contributed by atoms with van der Waals surface area (Å²) in [7, 11) is 7.12. The number of nitrogens with one attached hydrogen (secondary N) is 1. The minimum Gasteiger partial charge on any atom is -0.487 e. The molecule has 2 N–H and O–H groups in total. The SMILES string of the molecule is COCCOc1cc(Nc2cc(-c3cccc(-n4ccc5cc(N(C)C)ccc5c4=O)c3CC=O)cn(C)c2=O)ccc1OCCO. The zero-order valence-corrected chi connectivity index (χ0v) is 26.9. The smallest absolute Gasteiger partial charge is 0.274 e. The van der Waals surface area contributed by atoms with Crippen LogP contribution in [0.25, 0.3) is 27.6 Å². The molecule has 0 radical (unpaired) electrons. The lowest BCUT2D eigenvalue weighted by Crippen LogP contribution is -2.21. The van der Waals surface area contributed by atoms with Gasteiger partial charge in [-0.15, -0.1) is 0 Å². The third kappa shape index (κ3) is 7.21. The molecule has 0 atom stereocenters. The average molecular weight is 639 g/mol. The zero-order valence-electron chi connectivity index (χ0n) is 26.9. The van der Waals surface area contributed by atoms with Crippen LogP contribution in [0.15, 0.2) is 88.7 Å². The number of ether oxygens (including phenoxy) is 3. The Morgan fingerprint density at radius 3 is 2.47 bits per heavy atom. The van der Waals surface area contributed by atoms with Crippen molar-refractivity contribution >= 4 is 34.1 Å². The number of aromatic nitrogens is 2. The third-order valence-corrected chi connectivity index (χ3v) is 7.71. The van der Waals surface area contributed by atoms with Crippen LogP contribution in [0.5, 0.6) is 11.5 Å². The van der Waals surface area contributed by atoms with Gasteiger partial charge in [-0.1, -0.05) is 12.1 Å². The Labute approximate surface area is 272 Å². The molecule has 5 rings (SSSR count). The van der Waals surface area contributed by atoms with Gasteiger partial charge in [0.15, 0.2) is 11.5 Å². The van der Waals surface area contributed by atoms with E-state index in [9.17, 15) is 19.5 Å². The Morgan fingerprint density at radius 2 is 1.72 bits per heavy atom. The average Bonchev–Trinajstić information content (AvgIpc) is 3.07. The van der Waals surface area contributed by atoms with Crippen molar-refractivity contribution in [1.82, 2.24) is 9.13 Å². The van der Waals surface area contributed by atoms with Crippen LogP contribution in [0.4, 0.5) is 17.1 Å². The fraction of sp³-hybridized carbons (Fsp3) is 0.250. The number of rotatable bonds is 14. The van der Waals surface area contributed by atoms with Gasteiger partial charge in [-0.05, 0) is 65.0 Å². The standard InChI is InChI=1S/C36H38N4O7/c1-38(2)27-9-10-29-24(20-27)12-14-40(35(29)43)32-7-5-6-28(30(32)13-15-41)25-21-31(36(44)39(3)23-25)37-26-8-11-33(46-17-16-42)34(22-26)47-19-18-45-4/h5-12,14-15,20-23,37,42H,13,16-19H2,1-4H3. The molecule has 0 saturated carbocycles. The van der Waals surface area contributed by atoms with E-state index in [0.29, 0.717) is 57.2 Å². The van der Waals surface area contributed by atoms with Crippen LogP contribution in [0, 0.1) is 0 Å². The predicted molar refractivity (Wildman–Crippen MR) is 184 cm³/mol. The van der Waals surface area contributed by atoms with E-state index < -0.39 is 0 Å². The van der Waals surface area contributed by atoms with Crippen molar-refractivity contribution in [3.8, 4) is 28.3 Å². The fourth-order valence-corrected chi connectivity index (χ4v) is 5.38. The van der Waals surface area contributed by atoms with Crippen LogP contribution in [0.2, 0.25) is 0 Å². The number of anilines is 3. The maximum atomic E-state index is 13.7. The Morgan fingerprint density at radius 1 is 0.915 bits per heavy atom. The summed E-state index contributed by atoms with van der Waals surface area (Å²) >= 11 is 0. The highest BCUT2D eigenvalue weighted by Crippen LogP contribution is 2.33. The lowest BCUT2D eigenvalue weighted by Gasteiger charge is -2.18. The molecular formula is C36H38N4O7. The second-order valence-corrected chi connectivity index (χ2v) is 11.1. The number of fused-ring (bicyclic) bond motifs is 1. The van der Waals surface area contributed by atoms with E-state index in [1.54, 1.807) is 55.4 Å².